The first kappa shape index (κ1) is 12.8. The Hall–Kier alpha value is -1.20. The van der Waals surface area contributed by atoms with Crippen LogP contribution in [0.4, 0.5) is 5.69 Å². The number of nitrogen functional groups attached to an aromatic ring is 1. The second kappa shape index (κ2) is 5.06. The van der Waals surface area contributed by atoms with Crippen molar-refractivity contribution in [2.45, 2.75) is 19.4 Å². The number of thioether (sulfide) groups is 1. The van der Waals surface area contributed by atoms with E-state index >= 15 is 0 Å². The monoisotopic (exact) mass is 292 g/mol. The largest absolute Gasteiger partial charge is 0.397 e. The standard InChI is InChI=1S/C14H16N2OS2/c1-8-3-2-4-10-11(15)13(19-12(8)10)14(17)16-9-5-6-18-7-9/h2-4,9H,5-7,15H2,1H3,(H,16,17). The van der Waals surface area contributed by atoms with Gasteiger partial charge in [-0.3, -0.25) is 4.79 Å². The summed E-state index contributed by atoms with van der Waals surface area (Å²) in [5, 5.41) is 4.08. The van der Waals surface area contributed by atoms with Crippen molar-refractivity contribution in [1.29, 1.82) is 0 Å². The third kappa shape index (κ3) is 2.32. The van der Waals surface area contributed by atoms with Gasteiger partial charge in [-0.1, -0.05) is 18.2 Å². The molecule has 1 amide bonds. The highest BCUT2D eigenvalue weighted by molar-refractivity contribution is 7.99. The Morgan fingerprint density at radius 2 is 2.32 bits per heavy atom. The molecule has 1 fully saturated rings. The molecule has 1 unspecified atom stereocenters. The van der Waals surface area contributed by atoms with Gasteiger partial charge in [0.25, 0.3) is 5.91 Å². The van der Waals surface area contributed by atoms with E-state index in [-0.39, 0.29) is 5.91 Å². The average Bonchev–Trinajstić information content (AvgIpc) is 2.99. The molecule has 2 heterocycles. The summed E-state index contributed by atoms with van der Waals surface area (Å²) in [6, 6.07) is 6.31. The molecule has 1 aliphatic heterocycles. The van der Waals surface area contributed by atoms with Crippen LogP contribution >= 0.6 is 23.1 Å². The lowest BCUT2D eigenvalue weighted by Crippen LogP contribution is -2.34. The fourth-order valence-corrected chi connectivity index (χ4v) is 4.59. The van der Waals surface area contributed by atoms with Crippen molar-refractivity contribution >= 4 is 44.8 Å². The number of fused-ring (bicyclic) bond motifs is 1. The number of thiophene rings is 1. The number of anilines is 1. The molecular formula is C14H16N2OS2. The topological polar surface area (TPSA) is 55.1 Å². The third-order valence-electron chi connectivity index (χ3n) is 3.42. The van der Waals surface area contributed by atoms with Crippen LogP contribution in [-0.4, -0.2) is 23.5 Å². The van der Waals surface area contributed by atoms with Crippen molar-refractivity contribution in [3.63, 3.8) is 0 Å². The van der Waals surface area contributed by atoms with Crippen molar-refractivity contribution in [3.8, 4) is 0 Å². The summed E-state index contributed by atoms with van der Waals surface area (Å²) in [5.74, 6) is 2.12. The van der Waals surface area contributed by atoms with E-state index in [0.717, 1.165) is 28.0 Å². The minimum atomic E-state index is -0.0226. The van der Waals surface area contributed by atoms with Gasteiger partial charge in [-0.2, -0.15) is 11.8 Å². The van der Waals surface area contributed by atoms with Crippen molar-refractivity contribution in [1.82, 2.24) is 5.32 Å². The number of nitrogens with two attached hydrogens (primary N) is 1. The predicted octanol–water partition coefficient (Wildman–Crippen LogP) is 3.03. The van der Waals surface area contributed by atoms with Crippen LogP contribution in [0.1, 0.15) is 21.7 Å². The average molecular weight is 292 g/mol. The minimum absolute atomic E-state index is 0.0226. The Balaban J connectivity index is 1.93. The molecular weight excluding hydrogens is 276 g/mol. The third-order valence-corrected chi connectivity index (χ3v) is 5.94. The van der Waals surface area contributed by atoms with E-state index < -0.39 is 0 Å². The molecule has 19 heavy (non-hydrogen) atoms. The van der Waals surface area contributed by atoms with E-state index in [1.807, 2.05) is 36.9 Å². The molecule has 3 nitrogen and oxygen atoms in total. The first-order chi connectivity index (χ1) is 9.16. The van der Waals surface area contributed by atoms with Crippen molar-refractivity contribution in [3.05, 3.63) is 28.6 Å². The Bertz CT molecular complexity index is 630. The number of rotatable bonds is 2. The molecule has 1 saturated heterocycles. The van der Waals surface area contributed by atoms with E-state index in [4.69, 9.17) is 5.73 Å². The maximum Gasteiger partial charge on any atom is 0.263 e. The summed E-state index contributed by atoms with van der Waals surface area (Å²) in [6.45, 7) is 2.05. The van der Waals surface area contributed by atoms with E-state index in [1.165, 1.54) is 16.9 Å². The van der Waals surface area contributed by atoms with Gasteiger partial charge in [0, 0.05) is 21.9 Å². The highest BCUT2D eigenvalue weighted by atomic mass is 32.2. The fraction of sp³-hybridized carbons (Fsp3) is 0.357. The Morgan fingerprint density at radius 3 is 3.00 bits per heavy atom. The second-order valence-electron chi connectivity index (χ2n) is 4.83. The highest BCUT2D eigenvalue weighted by Gasteiger charge is 2.22. The summed E-state index contributed by atoms with van der Waals surface area (Å²) in [6.07, 6.45) is 1.06. The maximum atomic E-state index is 12.3. The van der Waals surface area contributed by atoms with Crippen molar-refractivity contribution < 1.29 is 4.79 Å². The van der Waals surface area contributed by atoms with Crippen LogP contribution in [0.5, 0.6) is 0 Å². The fourth-order valence-electron chi connectivity index (χ4n) is 2.35. The molecule has 2 aromatic rings. The van der Waals surface area contributed by atoms with Crippen LogP contribution < -0.4 is 11.1 Å². The van der Waals surface area contributed by atoms with Crippen molar-refractivity contribution in [2.24, 2.45) is 0 Å². The first-order valence-corrected chi connectivity index (χ1v) is 8.30. The molecule has 1 aromatic heterocycles. The molecule has 100 valence electrons. The lowest BCUT2D eigenvalue weighted by molar-refractivity contribution is 0.0946. The molecule has 0 spiro atoms. The maximum absolute atomic E-state index is 12.3. The van der Waals surface area contributed by atoms with Crippen molar-refractivity contribution in [2.75, 3.05) is 17.2 Å². The zero-order valence-corrected chi connectivity index (χ0v) is 12.4. The van der Waals surface area contributed by atoms with Gasteiger partial charge in [0.1, 0.15) is 4.88 Å². The van der Waals surface area contributed by atoms with Gasteiger partial charge in [0.2, 0.25) is 0 Å². The number of carbonyl (C=O) groups is 1. The number of aryl methyl sites for hydroxylation is 1. The van der Waals surface area contributed by atoms with Gasteiger partial charge in [-0.15, -0.1) is 11.3 Å². The normalized spacial score (nSPS) is 18.9. The van der Waals surface area contributed by atoms with Gasteiger partial charge in [-0.25, -0.2) is 0 Å². The summed E-state index contributed by atoms with van der Waals surface area (Å²) in [7, 11) is 0. The van der Waals surface area contributed by atoms with Crippen LogP contribution in [0.15, 0.2) is 18.2 Å². The lowest BCUT2D eigenvalue weighted by atomic mass is 10.1. The molecule has 0 radical (unpaired) electrons. The van der Waals surface area contributed by atoms with E-state index in [0.29, 0.717) is 16.6 Å². The molecule has 3 N–H and O–H groups in total. The van der Waals surface area contributed by atoms with Gasteiger partial charge in [-0.05, 0) is 24.7 Å². The summed E-state index contributed by atoms with van der Waals surface area (Å²) < 4.78 is 1.12. The van der Waals surface area contributed by atoms with Crippen LogP contribution in [-0.2, 0) is 0 Å². The summed E-state index contributed by atoms with van der Waals surface area (Å²) in [5.41, 5.74) is 7.92. The molecule has 1 atom stereocenters. The minimum Gasteiger partial charge on any atom is -0.397 e. The predicted molar refractivity (Wildman–Crippen MR) is 84.2 cm³/mol. The van der Waals surface area contributed by atoms with E-state index in [1.54, 1.807) is 0 Å². The number of amides is 1. The summed E-state index contributed by atoms with van der Waals surface area (Å²) >= 11 is 3.39. The Morgan fingerprint density at radius 1 is 1.47 bits per heavy atom. The highest BCUT2D eigenvalue weighted by Crippen LogP contribution is 2.35. The molecule has 0 bridgehead atoms. The number of carbonyl (C=O) groups excluding carboxylic acids is 1. The van der Waals surface area contributed by atoms with E-state index in [2.05, 4.69) is 5.32 Å². The zero-order chi connectivity index (χ0) is 13.4. The van der Waals surface area contributed by atoms with Gasteiger partial charge in [0.15, 0.2) is 0 Å². The van der Waals surface area contributed by atoms with E-state index in [9.17, 15) is 4.79 Å². The molecule has 3 rings (SSSR count). The number of nitrogens with one attached hydrogen (secondary N) is 1. The SMILES string of the molecule is Cc1cccc2c(N)c(C(=O)NC3CCSC3)sc12. The van der Waals surface area contributed by atoms with Gasteiger partial charge < -0.3 is 11.1 Å². The zero-order valence-electron chi connectivity index (χ0n) is 10.7. The van der Waals surface area contributed by atoms with Crippen LogP contribution in [0.3, 0.4) is 0 Å². The van der Waals surface area contributed by atoms with Gasteiger partial charge >= 0.3 is 0 Å². The molecule has 0 aliphatic carbocycles. The molecule has 0 saturated carbocycles. The lowest BCUT2D eigenvalue weighted by Gasteiger charge is -2.10. The smallest absolute Gasteiger partial charge is 0.263 e. The second-order valence-corrected chi connectivity index (χ2v) is 7.00. The quantitative estimate of drug-likeness (QED) is 0.894. The first-order valence-electron chi connectivity index (χ1n) is 6.33. The summed E-state index contributed by atoms with van der Waals surface area (Å²) in [4.78, 5) is 13.0. The van der Waals surface area contributed by atoms with Crippen LogP contribution in [0.2, 0.25) is 0 Å². The van der Waals surface area contributed by atoms with Crippen LogP contribution in [0, 0.1) is 6.92 Å². The number of hydrogen-bond acceptors (Lipinski definition) is 4. The number of hydrogen-bond donors (Lipinski definition) is 2. The number of benzene rings is 1. The molecule has 1 aliphatic rings. The van der Waals surface area contributed by atoms with Gasteiger partial charge in [0.05, 0.1) is 5.69 Å². The Labute approximate surface area is 120 Å². The molecule has 1 aromatic carbocycles. The molecule has 5 heteroatoms. The Kier molecular flexibility index (Phi) is 3.41. The van der Waals surface area contributed by atoms with Crippen LogP contribution in [0.25, 0.3) is 10.1 Å².